The number of nitrogens with zero attached hydrogens (tertiary/aromatic N) is 2. The molecule has 2 aromatic carbocycles. The second-order valence-corrected chi connectivity index (χ2v) is 10.9. The molecule has 1 N–H and O–H groups in total. The average Bonchev–Trinajstić information content (AvgIpc) is 2.91. The van der Waals surface area contributed by atoms with E-state index in [0.29, 0.717) is 16.9 Å². The van der Waals surface area contributed by atoms with Gasteiger partial charge in [0.05, 0.1) is 19.0 Å². The van der Waals surface area contributed by atoms with E-state index in [2.05, 4.69) is 34.5 Å². The summed E-state index contributed by atoms with van der Waals surface area (Å²) >= 11 is 0. The van der Waals surface area contributed by atoms with Gasteiger partial charge in [0.2, 0.25) is 5.91 Å². The number of aliphatic carboxylic acids is 1. The minimum atomic E-state index is -5.19. The lowest BCUT2D eigenvalue weighted by Gasteiger charge is -2.44. The predicted molar refractivity (Wildman–Crippen MR) is 144 cm³/mol. The second-order valence-electron chi connectivity index (χ2n) is 10.9. The van der Waals surface area contributed by atoms with Crippen molar-refractivity contribution in [3.63, 3.8) is 0 Å². The van der Waals surface area contributed by atoms with E-state index in [0.717, 1.165) is 75.2 Å². The van der Waals surface area contributed by atoms with Crippen LogP contribution < -0.4 is 10.4 Å². The summed E-state index contributed by atoms with van der Waals surface area (Å²) in [7, 11) is 0. The summed E-state index contributed by atoms with van der Waals surface area (Å²) < 4.78 is 32.2. The van der Waals surface area contributed by atoms with Crippen molar-refractivity contribution in [2.75, 3.05) is 38.0 Å². The second kappa shape index (κ2) is 13.8. The minimum Gasteiger partial charge on any atom is -0.542 e. The van der Waals surface area contributed by atoms with E-state index in [4.69, 9.17) is 9.90 Å². The molecule has 7 nitrogen and oxygen atoms in total. The van der Waals surface area contributed by atoms with E-state index in [1.54, 1.807) is 0 Å². The highest BCUT2D eigenvalue weighted by atomic mass is 19.4. The highest BCUT2D eigenvalue weighted by Crippen LogP contribution is 2.29. The van der Waals surface area contributed by atoms with Crippen LogP contribution in [0.4, 0.5) is 18.9 Å². The number of alkyl halides is 3. The fourth-order valence-electron chi connectivity index (χ4n) is 5.71. The Morgan fingerprint density at radius 1 is 0.950 bits per heavy atom. The molecule has 0 aliphatic carbocycles. The number of carboxylic acid groups (broad SMARTS) is 1. The predicted octanol–water partition coefficient (Wildman–Crippen LogP) is 3.98. The van der Waals surface area contributed by atoms with Gasteiger partial charge in [0.15, 0.2) is 6.54 Å². The summed E-state index contributed by atoms with van der Waals surface area (Å²) in [6.45, 7) is 8.69. The summed E-state index contributed by atoms with van der Waals surface area (Å²) in [4.78, 5) is 37.6. The van der Waals surface area contributed by atoms with E-state index < -0.39 is 12.1 Å². The van der Waals surface area contributed by atoms with Gasteiger partial charge in [0.25, 0.3) is 5.91 Å². The first-order valence-corrected chi connectivity index (χ1v) is 13.7. The Morgan fingerprint density at radius 3 is 2.12 bits per heavy atom. The third kappa shape index (κ3) is 8.81. The molecule has 0 saturated carbocycles. The quantitative estimate of drug-likeness (QED) is 0.541. The molecule has 0 bridgehead atoms. The minimum absolute atomic E-state index is 0.00793. The van der Waals surface area contributed by atoms with E-state index in [1.807, 2.05) is 38.1 Å². The van der Waals surface area contributed by atoms with E-state index >= 15 is 0 Å². The van der Waals surface area contributed by atoms with E-state index in [-0.39, 0.29) is 11.8 Å². The van der Waals surface area contributed by atoms with Crippen LogP contribution in [-0.2, 0) is 20.9 Å². The normalized spacial score (nSPS) is 21.1. The van der Waals surface area contributed by atoms with Gasteiger partial charge in [-0.3, -0.25) is 9.59 Å². The van der Waals surface area contributed by atoms with Gasteiger partial charge in [0, 0.05) is 24.3 Å². The van der Waals surface area contributed by atoms with Gasteiger partial charge in [-0.15, -0.1) is 0 Å². The Labute approximate surface area is 233 Å². The van der Waals surface area contributed by atoms with Crippen molar-refractivity contribution >= 4 is 23.5 Å². The molecule has 10 heteroatoms. The van der Waals surface area contributed by atoms with Crippen LogP contribution in [-0.4, -0.2) is 66.1 Å². The van der Waals surface area contributed by atoms with Crippen molar-refractivity contribution in [2.24, 2.45) is 5.92 Å². The summed E-state index contributed by atoms with van der Waals surface area (Å²) in [5.74, 6) is -2.66. The summed E-state index contributed by atoms with van der Waals surface area (Å²) in [5.41, 5.74) is 4.30. The number of carbonyl (C=O) groups excluding carboxylic acids is 3. The Morgan fingerprint density at radius 2 is 1.55 bits per heavy atom. The molecule has 2 fully saturated rings. The first-order chi connectivity index (χ1) is 18.9. The average molecular weight is 562 g/mol. The van der Waals surface area contributed by atoms with Crippen molar-refractivity contribution in [1.82, 2.24) is 4.90 Å². The van der Waals surface area contributed by atoms with Gasteiger partial charge in [-0.05, 0) is 57.1 Å². The Bertz CT molecular complexity index is 1150. The number of carboxylic acids is 1. The lowest BCUT2D eigenvalue weighted by molar-refractivity contribution is -0.940. The largest absolute Gasteiger partial charge is 0.542 e. The number of quaternary nitrogens is 1. The molecule has 2 saturated heterocycles. The Balaban J connectivity index is 0.000000559. The molecular formula is C30H38F3N3O4. The van der Waals surface area contributed by atoms with E-state index in [1.165, 1.54) is 12.0 Å². The number of likely N-dealkylation sites (tertiary alicyclic amines) is 2. The number of rotatable bonds is 6. The van der Waals surface area contributed by atoms with Gasteiger partial charge in [0.1, 0.15) is 12.5 Å². The number of aryl methyl sites for hydroxylation is 2. The number of hydrogen-bond donors (Lipinski definition) is 1. The topological polar surface area (TPSA) is 89.5 Å². The van der Waals surface area contributed by atoms with Gasteiger partial charge in [-0.2, -0.15) is 13.2 Å². The summed E-state index contributed by atoms with van der Waals surface area (Å²) in [6, 6.07) is 16.5. The number of anilines is 1. The number of benzene rings is 2. The zero-order chi connectivity index (χ0) is 29.3. The van der Waals surface area contributed by atoms with Crippen molar-refractivity contribution in [3.8, 4) is 0 Å². The number of piperidine rings is 2. The zero-order valence-electron chi connectivity index (χ0n) is 23.1. The Hall–Kier alpha value is -3.40. The number of amides is 2. The number of nitrogens with one attached hydrogen (secondary N) is 1. The SMILES string of the molecule is Cc1cccc(C)c1NC(=O)C[N+]1(Cc2ccccc2)CCCC(C(=O)N2CCCCC2)C1.O=C([O-])C(F)(F)F. The first-order valence-electron chi connectivity index (χ1n) is 13.7. The third-order valence-corrected chi connectivity index (χ3v) is 7.63. The van der Waals surface area contributed by atoms with Crippen molar-refractivity contribution < 1.29 is 37.1 Å². The molecule has 2 amide bonds. The first kappa shape index (κ1) is 31.1. The number of halogens is 3. The van der Waals surface area contributed by atoms with Crippen molar-refractivity contribution in [3.05, 3.63) is 65.2 Å². The molecule has 2 heterocycles. The van der Waals surface area contributed by atoms with Gasteiger partial charge >= 0.3 is 6.18 Å². The van der Waals surface area contributed by atoms with Crippen molar-refractivity contribution in [2.45, 2.75) is 58.7 Å². The van der Waals surface area contributed by atoms with Crippen LogP contribution in [0, 0.1) is 19.8 Å². The molecule has 4 rings (SSSR count). The van der Waals surface area contributed by atoms with Gasteiger partial charge in [-0.1, -0.05) is 48.5 Å². The van der Waals surface area contributed by atoms with Crippen LogP contribution >= 0.6 is 0 Å². The van der Waals surface area contributed by atoms with Crippen LogP contribution in [0.25, 0.3) is 0 Å². The van der Waals surface area contributed by atoms with Crippen LogP contribution in [0.2, 0.25) is 0 Å². The van der Waals surface area contributed by atoms with Gasteiger partial charge in [-0.25, -0.2) is 0 Å². The maximum Gasteiger partial charge on any atom is 0.430 e. The zero-order valence-corrected chi connectivity index (χ0v) is 23.1. The molecule has 0 spiro atoms. The summed E-state index contributed by atoms with van der Waals surface area (Å²) in [5, 5.41) is 12.0. The van der Waals surface area contributed by atoms with Crippen LogP contribution in [0.1, 0.15) is 48.8 Å². The van der Waals surface area contributed by atoms with Crippen LogP contribution in [0.5, 0.6) is 0 Å². The number of para-hydroxylation sites is 1. The fraction of sp³-hybridized carbons (Fsp3) is 0.500. The molecule has 0 radical (unpaired) electrons. The monoisotopic (exact) mass is 561 g/mol. The highest BCUT2D eigenvalue weighted by Gasteiger charge is 2.41. The van der Waals surface area contributed by atoms with Gasteiger partial charge < -0.3 is 24.6 Å². The molecule has 2 atom stereocenters. The Kier molecular flexibility index (Phi) is 10.7. The van der Waals surface area contributed by atoms with Crippen molar-refractivity contribution in [1.29, 1.82) is 0 Å². The summed E-state index contributed by atoms with van der Waals surface area (Å²) in [6.07, 6.45) is 0.165. The lowest BCUT2D eigenvalue weighted by atomic mass is 9.92. The fourth-order valence-corrected chi connectivity index (χ4v) is 5.71. The number of hydrogen-bond acceptors (Lipinski definition) is 4. The molecule has 2 aliphatic heterocycles. The maximum absolute atomic E-state index is 13.4. The molecule has 40 heavy (non-hydrogen) atoms. The molecule has 2 aliphatic rings. The third-order valence-electron chi connectivity index (χ3n) is 7.63. The molecule has 218 valence electrons. The molecule has 2 aromatic rings. The highest BCUT2D eigenvalue weighted by molar-refractivity contribution is 5.93. The lowest BCUT2D eigenvalue weighted by Crippen LogP contribution is -2.59. The van der Waals surface area contributed by atoms with Crippen LogP contribution in [0.15, 0.2) is 48.5 Å². The van der Waals surface area contributed by atoms with E-state index in [9.17, 15) is 22.8 Å². The maximum atomic E-state index is 13.4. The number of carbonyl (C=O) groups is 3. The standard InChI is InChI=1S/C28H37N3O2.C2HF3O2/c1-22-11-9-12-23(2)27(22)29-26(32)21-31(19-24-13-5-3-6-14-24)18-10-15-25(20-31)28(33)30-16-7-4-8-17-30;3-2(4,5)1(6)7/h3,5-6,9,11-14,25H,4,7-8,10,15-21H2,1-2H3;(H,6,7). The molecule has 0 aromatic heterocycles. The smallest absolute Gasteiger partial charge is 0.430 e. The molecule has 2 unspecified atom stereocenters. The van der Waals surface area contributed by atoms with Crippen LogP contribution in [0.3, 0.4) is 0 Å². The molecular weight excluding hydrogens is 523 g/mol.